The van der Waals surface area contributed by atoms with Crippen LogP contribution >= 0.6 is 11.3 Å². The smallest absolute Gasteiger partial charge is 0.328 e. The van der Waals surface area contributed by atoms with E-state index in [0.717, 1.165) is 23.0 Å². The Bertz CT molecular complexity index is 1790. The minimum Gasteiger partial charge on any atom is -0.467 e. The number of thiophene rings is 1. The van der Waals surface area contributed by atoms with E-state index in [4.69, 9.17) is 14.2 Å². The second kappa shape index (κ2) is 14.3. The number of aryl methyl sites for hydroxylation is 1. The van der Waals surface area contributed by atoms with Crippen molar-refractivity contribution in [3.63, 3.8) is 0 Å². The van der Waals surface area contributed by atoms with Crippen LogP contribution in [0.15, 0.2) is 54.7 Å². The molecule has 1 atom stereocenters. The van der Waals surface area contributed by atoms with Crippen LogP contribution in [-0.2, 0) is 19.1 Å². The monoisotopic (exact) mass is 654 g/mol. The van der Waals surface area contributed by atoms with E-state index in [1.54, 1.807) is 33.8 Å². The summed E-state index contributed by atoms with van der Waals surface area (Å²) in [6.07, 6.45) is 1.29. The van der Waals surface area contributed by atoms with Crippen molar-refractivity contribution in [2.75, 3.05) is 17.7 Å². The van der Waals surface area contributed by atoms with Gasteiger partial charge in [-0.05, 0) is 70.0 Å². The molecule has 0 aliphatic rings. The third kappa shape index (κ3) is 8.97. The van der Waals surface area contributed by atoms with E-state index >= 15 is 0 Å². The largest absolute Gasteiger partial charge is 0.467 e. The van der Waals surface area contributed by atoms with E-state index in [0.29, 0.717) is 10.2 Å². The lowest BCUT2D eigenvalue weighted by molar-refractivity contribution is -0.155. The molecular weight excluding hydrogens is 622 g/mol. The maximum atomic E-state index is 14.9. The highest BCUT2D eigenvalue weighted by molar-refractivity contribution is 7.21. The van der Waals surface area contributed by atoms with Crippen LogP contribution in [0.5, 0.6) is 11.5 Å². The van der Waals surface area contributed by atoms with Gasteiger partial charge in [0.05, 0.1) is 33.6 Å². The highest BCUT2D eigenvalue weighted by Gasteiger charge is 2.26. The molecular formula is C32H32F2N4O7S. The minimum absolute atomic E-state index is 0.0360. The number of ether oxygens (including phenoxy) is 3. The van der Waals surface area contributed by atoms with Gasteiger partial charge in [-0.3, -0.25) is 14.6 Å². The molecule has 11 nitrogen and oxygen atoms in total. The lowest BCUT2D eigenvalue weighted by atomic mass is 10.1. The number of aromatic nitrogens is 1. The number of hydrogen-bond donors (Lipinski definition) is 3. The molecule has 4 aromatic rings. The van der Waals surface area contributed by atoms with Crippen molar-refractivity contribution in [2.24, 2.45) is 0 Å². The Balaban J connectivity index is 1.44. The number of halogens is 2. The van der Waals surface area contributed by atoms with Crippen molar-refractivity contribution < 1.29 is 42.2 Å². The molecule has 46 heavy (non-hydrogen) atoms. The molecule has 2 aromatic heterocycles. The van der Waals surface area contributed by atoms with E-state index < -0.39 is 47.2 Å². The molecule has 4 rings (SSSR count). The van der Waals surface area contributed by atoms with Crippen molar-refractivity contribution in [3.05, 3.63) is 76.8 Å². The number of carbonyl (C=O) groups excluding carboxylic acids is 4. The number of pyridine rings is 1. The molecule has 2 heterocycles. The number of urea groups is 1. The number of hydrogen-bond acceptors (Lipinski definition) is 9. The second-order valence-electron chi connectivity index (χ2n) is 11.1. The van der Waals surface area contributed by atoms with Gasteiger partial charge in [0.2, 0.25) is 0 Å². The second-order valence-corrected chi connectivity index (χ2v) is 12.2. The number of rotatable bonds is 10. The predicted molar refractivity (Wildman–Crippen MR) is 168 cm³/mol. The lowest BCUT2D eigenvalue weighted by Crippen LogP contribution is -2.41. The molecule has 0 spiro atoms. The van der Waals surface area contributed by atoms with Crippen LogP contribution in [0, 0.1) is 18.6 Å². The molecule has 14 heteroatoms. The van der Waals surface area contributed by atoms with Gasteiger partial charge in [-0.15, -0.1) is 11.3 Å². The first-order valence-electron chi connectivity index (χ1n) is 14.0. The van der Waals surface area contributed by atoms with Gasteiger partial charge in [-0.25, -0.2) is 18.4 Å². The van der Waals surface area contributed by atoms with Crippen molar-refractivity contribution in [2.45, 2.75) is 52.2 Å². The quantitative estimate of drug-likeness (QED) is 0.160. The number of anilines is 2. The summed E-state index contributed by atoms with van der Waals surface area (Å²) in [5.74, 6) is -2.92. The number of carbonyl (C=O) groups is 4. The molecule has 0 aliphatic carbocycles. The highest BCUT2D eigenvalue weighted by Crippen LogP contribution is 2.36. The summed E-state index contributed by atoms with van der Waals surface area (Å²) in [5, 5.41) is 7.28. The van der Waals surface area contributed by atoms with Gasteiger partial charge in [0.25, 0.3) is 5.91 Å². The Labute approximate surface area is 267 Å². The maximum Gasteiger partial charge on any atom is 0.328 e. The molecule has 0 fully saturated rings. The highest BCUT2D eigenvalue weighted by atomic mass is 32.1. The topological polar surface area (TPSA) is 145 Å². The molecule has 0 unspecified atom stereocenters. The summed E-state index contributed by atoms with van der Waals surface area (Å²) in [5.41, 5.74) is 0.226. The molecule has 0 saturated carbocycles. The van der Waals surface area contributed by atoms with Gasteiger partial charge >= 0.3 is 18.0 Å². The number of benzene rings is 2. The molecule has 0 aliphatic heterocycles. The number of amides is 3. The van der Waals surface area contributed by atoms with E-state index in [9.17, 15) is 28.0 Å². The molecule has 3 N–H and O–H groups in total. The van der Waals surface area contributed by atoms with Gasteiger partial charge < -0.3 is 30.2 Å². The lowest BCUT2D eigenvalue weighted by Gasteiger charge is -2.20. The summed E-state index contributed by atoms with van der Waals surface area (Å²) < 4.78 is 45.3. The molecule has 0 radical (unpaired) electrons. The normalized spacial score (nSPS) is 11.8. The fraction of sp³-hybridized carbons (Fsp3) is 0.281. The number of nitrogens with one attached hydrogen (secondary N) is 3. The van der Waals surface area contributed by atoms with Crippen LogP contribution in [0.25, 0.3) is 10.2 Å². The maximum absolute atomic E-state index is 14.9. The fourth-order valence-corrected chi connectivity index (χ4v) is 5.15. The average Bonchev–Trinajstić information content (AvgIpc) is 3.43. The Morgan fingerprint density at radius 1 is 0.957 bits per heavy atom. The van der Waals surface area contributed by atoms with Gasteiger partial charge in [-0.1, -0.05) is 6.07 Å². The summed E-state index contributed by atoms with van der Waals surface area (Å²) in [4.78, 5) is 54.4. The predicted octanol–water partition coefficient (Wildman–Crippen LogP) is 6.71. The first-order chi connectivity index (χ1) is 21.7. The molecule has 2 aromatic carbocycles. The van der Waals surface area contributed by atoms with Crippen molar-refractivity contribution in [3.8, 4) is 11.5 Å². The van der Waals surface area contributed by atoms with Crippen molar-refractivity contribution in [1.82, 2.24) is 10.3 Å². The van der Waals surface area contributed by atoms with Gasteiger partial charge in [0.15, 0.2) is 0 Å². The Morgan fingerprint density at radius 3 is 2.39 bits per heavy atom. The SMILES string of the molecule is COC(=O)[C@H](CCC(=O)OC(C)(C)C)NC(=O)c1cc2nccc(Oc3ccc(NC(=O)Nc4cc(C)ccc4F)c(F)c3)c2s1. The van der Waals surface area contributed by atoms with Crippen molar-refractivity contribution in [1.29, 1.82) is 0 Å². The first kappa shape index (κ1) is 33.8. The zero-order chi connectivity index (χ0) is 33.6. The third-order valence-corrected chi connectivity index (χ3v) is 7.37. The summed E-state index contributed by atoms with van der Waals surface area (Å²) in [6.45, 7) is 6.90. The Kier molecular flexibility index (Phi) is 10.5. The first-order valence-corrected chi connectivity index (χ1v) is 14.8. The summed E-state index contributed by atoms with van der Waals surface area (Å²) in [6, 6.07) is 9.08. The Hall–Kier alpha value is -5.11. The van der Waals surface area contributed by atoms with E-state index in [-0.39, 0.29) is 40.6 Å². The number of nitrogens with zero attached hydrogens (tertiary/aromatic N) is 1. The van der Waals surface area contributed by atoms with Crippen LogP contribution in [0.2, 0.25) is 0 Å². The summed E-state index contributed by atoms with van der Waals surface area (Å²) >= 11 is 1.03. The third-order valence-electron chi connectivity index (χ3n) is 6.23. The number of fused-ring (bicyclic) bond motifs is 1. The van der Waals surface area contributed by atoms with Crippen LogP contribution < -0.4 is 20.7 Å². The van der Waals surface area contributed by atoms with Gasteiger partial charge in [-0.2, -0.15) is 0 Å². The molecule has 0 saturated heterocycles. The van der Waals surface area contributed by atoms with E-state index in [1.165, 1.54) is 49.7 Å². The Morgan fingerprint density at radius 2 is 1.70 bits per heavy atom. The number of esters is 2. The van der Waals surface area contributed by atoms with Crippen LogP contribution in [0.1, 0.15) is 48.8 Å². The van der Waals surface area contributed by atoms with Crippen LogP contribution in [-0.4, -0.2) is 47.6 Å². The fourth-order valence-electron chi connectivity index (χ4n) is 4.18. The molecule has 3 amide bonds. The molecule has 0 bridgehead atoms. The van der Waals surface area contributed by atoms with E-state index in [1.807, 2.05) is 0 Å². The van der Waals surface area contributed by atoms with Crippen molar-refractivity contribution >= 4 is 56.8 Å². The van der Waals surface area contributed by atoms with Gasteiger partial charge in [0.1, 0.15) is 34.8 Å². The minimum atomic E-state index is -1.10. The van der Waals surface area contributed by atoms with Crippen LogP contribution in [0.3, 0.4) is 0 Å². The van der Waals surface area contributed by atoms with E-state index in [2.05, 4.69) is 20.9 Å². The van der Waals surface area contributed by atoms with Gasteiger partial charge in [0, 0.05) is 24.8 Å². The zero-order valence-corrected chi connectivity index (χ0v) is 26.5. The zero-order valence-electron chi connectivity index (χ0n) is 25.7. The standard InChI is InChI=1S/C32H32F2N4O7S/c1-17-6-8-19(33)23(14-17)38-31(42)37-21-9-7-18(15-20(21)34)44-25-12-13-35-24-16-26(46-28(24)25)29(40)36-22(30(41)43-5)10-11-27(39)45-32(2,3)4/h6-9,12-16,22H,10-11H2,1-5H3,(H,36,40)(H2,37,38,42)/t22-/m0/s1. The summed E-state index contributed by atoms with van der Waals surface area (Å²) in [7, 11) is 1.18. The average molecular weight is 655 g/mol. The molecule has 242 valence electrons. The number of methoxy groups -OCH3 is 1. The van der Waals surface area contributed by atoms with Crippen LogP contribution in [0.4, 0.5) is 25.0 Å².